The first-order valence-corrected chi connectivity index (χ1v) is 2.20. The van der Waals surface area contributed by atoms with Gasteiger partial charge in [-0.1, -0.05) is 5.16 Å². The molecule has 2 N–H and O–H groups in total. The summed E-state index contributed by atoms with van der Waals surface area (Å²) in [6, 6.07) is 0. The van der Waals surface area contributed by atoms with Gasteiger partial charge >= 0.3 is 0 Å². The van der Waals surface area contributed by atoms with E-state index in [1.54, 1.807) is 0 Å². The van der Waals surface area contributed by atoms with Gasteiger partial charge in [0, 0.05) is 0 Å². The predicted molar refractivity (Wildman–Crippen MR) is 25.9 cm³/mol. The Hall–Kier alpha value is -1.13. The number of alkyl halides is 2. The number of aromatic nitrogens is 1. The lowest BCUT2D eigenvalue weighted by Gasteiger charge is -1.89. The summed E-state index contributed by atoms with van der Waals surface area (Å²) < 4.78 is 27.5. The monoisotopic (exact) mass is 134 g/mol. The zero-order valence-corrected chi connectivity index (χ0v) is 4.34. The van der Waals surface area contributed by atoms with Gasteiger partial charge in [0.15, 0.2) is 0 Å². The van der Waals surface area contributed by atoms with E-state index in [0.29, 0.717) is 0 Å². The molecular formula is C4H4F2N2O. The van der Waals surface area contributed by atoms with E-state index >= 15 is 0 Å². The molecule has 0 radical (unpaired) electrons. The molecule has 0 aromatic carbocycles. The van der Waals surface area contributed by atoms with Gasteiger partial charge < -0.3 is 10.3 Å². The van der Waals surface area contributed by atoms with Crippen LogP contribution in [0.25, 0.3) is 0 Å². The van der Waals surface area contributed by atoms with Crippen molar-refractivity contribution in [2.24, 2.45) is 0 Å². The SMILES string of the molecule is Nc1oncc1C(F)F. The van der Waals surface area contributed by atoms with Crippen molar-refractivity contribution < 1.29 is 13.3 Å². The highest BCUT2D eigenvalue weighted by atomic mass is 19.3. The number of hydrogen-bond donors (Lipinski definition) is 1. The van der Waals surface area contributed by atoms with Crippen molar-refractivity contribution in [3.63, 3.8) is 0 Å². The zero-order chi connectivity index (χ0) is 6.85. The number of nitrogens with zero attached hydrogens (tertiary/aromatic N) is 1. The third kappa shape index (κ3) is 0.984. The van der Waals surface area contributed by atoms with Gasteiger partial charge in [-0.15, -0.1) is 0 Å². The van der Waals surface area contributed by atoms with E-state index in [1.807, 2.05) is 0 Å². The second-order valence-electron chi connectivity index (χ2n) is 1.45. The van der Waals surface area contributed by atoms with E-state index in [0.717, 1.165) is 6.20 Å². The van der Waals surface area contributed by atoms with Gasteiger partial charge in [-0.05, 0) is 0 Å². The highest BCUT2D eigenvalue weighted by Gasteiger charge is 2.13. The Morgan fingerprint density at radius 2 is 2.33 bits per heavy atom. The summed E-state index contributed by atoms with van der Waals surface area (Å²) in [6.07, 6.45) is -1.70. The van der Waals surface area contributed by atoms with Crippen molar-refractivity contribution in [2.75, 3.05) is 5.73 Å². The number of anilines is 1. The molecule has 1 rings (SSSR count). The Morgan fingerprint density at radius 3 is 2.56 bits per heavy atom. The lowest BCUT2D eigenvalue weighted by molar-refractivity contribution is 0.151. The molecule has 9 heavy (non-hydrogen) atoms. The lowest BCUT2D eigenvalue weighted by Crippen LogP contribution is -1.88. The van der Waals surface area contributed by atoms with Crippen LogP contribution in [0.3, 0.4) is 0 Å². The summed E-state index contributed by atoms with van der Waals surface area (Å²) in [5.74, 6) is -0.315. The largest absolute Gasteiger partial charge is 0.367 e. The van der Waals surface area contributed by atoms with Gasteiger partial charge in [-0.2, -0.15) is 0 Å². The average Bonchev–Trinajstić information content (AvgIpc) is 2.13. The quantitative estimate of drug-likeness (QED) is 0.627. The number of nitrogens with two attached hydrogens (primary N) is 1. The first-order valence-electron chi connectivity index (χ1n) is 2.20. The fraction of sp³-hybridized carbons (Fsp3) is 0.250. The number of halogens is 2. The summed E-state index contributed by atoms with van der Waals surface area (Å²) in [5, 5.41) is 3.06. The van der Waals surface area contributed by atoms with Gasteiger partial charge in [0.1, 0.15) is 5.56 Å². The highest BCUT2D eigenvalue weighted by Crippen LogP contribution is 2.23. The fourth-order valence-corrected chi connectivity index (χ4v) is 0.420. The van der Waals surface area contributed by atoms with E-state index in [-0.39, 0.29) is 11.4 Å². The van der Waals surface area contributed by atoms with E-state index < -0.39 is 6.43 Å². The molecule has 0 fully saturated rings. The molecule has 0 saturated carbocycles. The smallest absolute Gasteiger partial charge is 0.270 e. The van der Waals surface area contributed by atoms with Crippen molar-refractivity contribution >= 4 is 5.88 Å². The summed E-state index contributed by atoms with van der Waals surface area (Å²) in [7, 11) is 0. The molecule has 0 bridgehead atoms. The summed E-state index contributed by atoms with van der Waals surface area (Å²) in [4.78, 5) is 0. The van der Waals surface area contributed by atoms with Crippen LogP contribution in [0.2, 0.25) is 0 Å². The van der Waals surface area contributed by atoms with Crippen molar-refractivity contribution in [1.82, 2.24) is 5.16 Å². The second-order valence-corrected chi connectivity index (χ2v) is 1.45. The van der Waals surface area contributed by atoms with E-state index in [4.69, 9.17) is 5.73 Å². The third-order valence-corrected chi connectivity index (χ3v) is 0.862. The van der Waals surface area contributed by atoms with E-state index in [9.17, 15) is 8.78 Å². The average molecular weight is 134 g/mol. The molecule has 0 saturated heterocycles. The zero-order valence-electron chi connectivity index (χ0n) is 4.34. The third-order valence-electron chi connectivity index (χ3n) is 0.862. The lowest BCUT2D eigenvalue weighted by atomic mass is 10.4. The van der Waals surface area contributed by atoms with Crippen LogP contribution >= 0.6 is 0 Å². The molecule has 0 aliphatic rings. The highest BCUT2D eigenvalue weighted by molar-refractivity contribution is 5.33. The Labute approximate surface area is 49.4 Å². The van der Waals surface area contributed by atoms with E-state index in [2.05, 4.69) is 9.68 Å². The summed E-state index contributed by atoms with van der Waals surface area (Å²) in [5.41, 5.74) is 4.58. The van der Waals surface area contributed by atoms with Crippen LogP contribution in [0.15, 0.2) is 10.7 Å². The first-order chi connectivity index (χ1) is 4.22. The topological polar surface area (TPSA) is 52.0 Å². The Morgan fingerprint density at radius 1 is 1.67 bits per heavy atom. The maximum absolute atomic E-state index is 11.7. The van der Waals surface area contributed by atoms with Gasteiger partial charge in [-0.3, -0.25) is 0 Å². The standard InChI is InChI=1S/C4H4F2N2O/c5-3(6)2-1-8-9-4(2)7/h1,3H,7H2. The van der Waals surface area contributed by atoms with Gasteiger partial charge in [0.25, 0.3) is 6.43 Å². The van der Waals surface area contributed by atoms with Gasteiger partial charge in [0.05, 0.1) is 6.20 Å². The molecule has 3 nitrogen and oxygen atoms in total. The van der Waals surface area contributed by atoms with Crippen LogP contribution in [0.4, 0.5) is 14.7 Å². The Kier molecular flexibility index (Phi) is 1.33. The molecule has 0 aliphatic heterocycles. The second kappa shape index (κ2) is 2.00. The molecule has 0 aliphatic carbocycles. The van der Waals surface area contributed by atoms with Crippen LogP contribution < -0.4 is 5.73 Å². The van der Waals surface area contributed by atoms with Gasteiger partial charge in [0.2, 0.25) is 5.88 Å². The maximum atomic E-state index is 11.7. The summed E-state index contributed by atoms with van der Waals surface area (Å²) >= 11 is 0. The molecule has 0 unspecified atom stereocenters. The minimum atomic E-state index is -2.60. The minimum Gasteiger partial charge on any atom is -0.367 e. The number of hydrogen-bond acceptors (Lipinski definition) is 3. The van der Waals surface area contributed by atoms with Crippen LogP contribution in [0.5, 0.6) is 0 Å². The van der Waals surface area contributed by atoms with Crippen molar-refractivity contribution in [2.45, 2.75) is 6.43 Å². The van der Waals surface area contributed by atoms with Crippen LogP contribution in [0.1, 0.15) is 12.0 Å². The maximum Gasteiger partial charge on any atom is 0.270 e. The Bertz CT molecular complexity index is 198. The van der Waals surface area contributed by atoms with E-state index in [1.165, 1.54) is 0 Å². The minimum absolute atomic E-state index is 0.315. The predicted octanol–water partition coefficient (Wildman–Crippen LogP) is 1.19. The molecule has 1 aromatic rings. The van der Waals surface area contributed by atoms with Crippen LogP contribution in [-0.2, 0) is 0 Å². The fourth-order valence-electron chi connectivity index (χ4n) is 0.420. The number of nitrogen functional groups attached to an aromatic ring is 1. The molecule has 0 amide bonds. The normalized spacial score (nSPS) is 10.6. The van der Waals surface area contributed by atoms with Crippen molar-refractivity contribution in [1.29, 1.82) is 0 Å². The summed E-state index contributed by atoms with van der Waals surface area (Å²) in [6.45, 7) is 0. The van der Waals surface area contributed by atoms with Gasteiger partial charge in [-0.25, -0.2) is 8.78 Å². The molecule has 0 spiro atoms. The van der Waals surface area contributed by atoms with Crippen molar-refractivity contribution in [3.05, 3.63) is 11.8 Å². The number of rotatable bonds is 1. The molecule has 1 aromatic heterocycles. The first kappa shape index (κ1) is 6.00. The van der Waals surface area contributed by atoms with Crippen LogP contribution in [-0.4, -0.2) is 5.16 Å². The molecule has 5 heteroatoms. The molecule has 1 heterocycles. The van der Waals surface area contributed by atoms with Crippen molar-refractivity contribution in [3.8, 4) is 0 Å². The molecular weight excluding hydrogens is 130 g/mol. The molecule has 0 atom stereocenters. The molecule has 50 valence electrons. The van der Waals surface area contributed by atoms with Crippen LogP contribution in [0, 0.1) is 0 Å². The Balaban J connectivity index is 2.94.